The molecule has 0 aromatic heterocycles. The molecule has 1 saturated carbocycles. The number of carbonyl (C=O) groups excluding carboxylic acids is 1. The molecule has 0 unspecified atom stereocenters. The molecule has 0 amide bonds. The molecule has 2 rings (SSSR count). The Morgan fingerprint density at radius 2 is 1.81 bits per heavy atom. The van der Waals surface area contributed by atoms with Crippen LogP contribution < -0.4 is 0 Å². The maximum absolute atomic E-state index is 11.3. The van der Waals surface area contributed by atoms with E-state index in [2.05, 4.69) is 31.2 Å². The third-order valence-corrected chi connectivity index (χ3v) is 4.84. The summed E-state index contributed by atoms with van der Waals surface area (Å²) in [6.07, 6.45) is 9.92. The molecular formula is C19H28O2. The number of hydrogen-bond donors (Lipinski definition) is 0. The van der Waals surface area contributed by atoms with Crippen molar-refractivity contribution in [3.05, 3.63) is 35.4 Å². The first-order chi connectivity index (χ1) is 10.2. The minimum Gasteiger partial charge on any atom is -0.469 e. The number of benzene rings is 1. The topological polar surface area (TPSA) is 26.3 Å². The second kappa shape index (κ2) is 8.21. The predicted molar refractivity (Wildman–Crippen MR) is 86.4 cm³/mol. The molecule has 2 nitrogen and oxygen atoms in total. The molecule has 0 heterocycles. The van der Waals surface area contributed by atoms with Crippen LogP contribution in [0.15, 0.2) is 24.3 Å². The van der Waals surface area contributed by atoms with Crippen molar-refractivity contribution < 1.29 is 9.53 Å². The minimum atomic E-state index is -0.167. The van der Waals surface area contributed by atoms with Crippen molar-refractivity contribution in [3.63, 3.8) is 0 Å². The molecule has 0 N–H and O–H groups in total. The van der Waals surface area contributed by atoms with Crippen molar-refractivity contribution in [2.45, 2.75) is 64.2 Å². The molecule has 1 fully saturated rings. The maximum atomic E-state index is 11.3. The summed E-state index contributed by atoms with van der Waals surface area (Å²) in [4.78, 5) is 11.3. The Kier molecular flexibility index (Phi) is 6.28. The first kappa shape index (κ1) is 16.1. The first-order valence-corrected chi connectivity index (χ1v) is 8.38. The fourth-order valence-electron chi connectivity index (χ4n) is 3.42. The monoisotopic (exact) mass is 288 g/mol. The largest absolute Gasteiger partial charge is 0.469 e. The molecule has 0 aliphatic heterocycles. The fourth-order valence-corrected chi connectivity index (χ4v) is 3.42. The number of unbranched alkanes of at least 4 members (excludes halogenated alkanes) is 1. The van der Waals surface area contributed by atoms with E-state index in [9.17, 15) is 4.79 Å². The van der Waals surface area contributed by atoms with Crippen LogP contribution >= 0.6 is 0 Å². The number of ether oxygens (including phenoxy) is 1. The summed E-state index contributed by atoms with van der Waals surface area (Å²) in [5, 5.41) is 0. The van der Waals surface area contributed by atoms with Gasteiger partial charge in [-0.2, -0.15) is 0 Å². The van der Waals surface area contributed by atoms with Crippen molar-refractivity contribution >= 4 is 5.97 Å². The molecule has 1 aliphatic rings. The van der Waals surface area contributed by atoms with Gasteiger partial charge in [-0.05, 0) is 48.6 Å². The van der Waals surface area contributed by atoms with E-state index >= 15 is 0 Å². The van der Waals surface area contributed by atoms with Gasteiger partial charge in [0, 0.05) is 0 Å². The smallest absolute Gasteiger partial charge is 0.309 e. The lowest BCUT2D eigenvalue weighted by atomic mass is 9.77. The SMILES string of the molecule is CCCCC1CCC(c2ccc(CC(=O)OC)cc2)CC1. The molecule has 21 heavy (non-hydrogen) atoms. The van der Waals surface area contributed by atoms with Crippen LogP contribution in [0.1, 0.15) is 68.9 Å². The highest BCUT2D eigenvalue weighted by Crippen LogP contribution is 2.37. The zero-order chi connectivity index (χ0) is 15.1. The summed E-state index contributed by atoms with van der Waals surface area (Å²) in [5.41, 5.74) is 2.49. The fraction of sp³-hybridized carbons (Fsp3) is 0.632. The maximum Gasteiger partial charge on any atom is 0.309 e. The van der Waals surface area contributed by atoms with Crippen LogP contribution in [0.2, 0.25) is 0 Å². The Morgan fingerprint density at radius 1 is 1.14 bits per heavy atom. The van der Waals surface area contributed by atoms with Gasteiger partial charge in [-0.3, -0.25) is 4.79 Å². The molecular weight excluding hydrogens is 260 g/mol. The number of carbonyl (C=O) groups is 1. The Bertz CT molecular complexity index is 427. The summed E-state index contributed by atoms with van der Waals surface area (Å²) >= 11 is 0. The van der Waals surface area contributed by atoms with Crippen molar-refractivity contribution in [3.8, 4) is 0 Å². The second-order valence-corrected chi connectivity index (χ2v) is 6.35. The van der Waals surface area contributed by atoms with E-state index in [1.807, 2.05) is 0 Å². The van der Waals surface area contributed by atoms with Gasteiger partial charge in [0.05, 0.1) is 13.5 Å². The zero-order valence-electron chi connectivity index (χ0n) is 13.4. The van der Waals surface area contributed by atoms with Crippen LogP contribution in [0, 0.1) is 5.92 Å². The van der Waals surface area contributed by atoms with E-state index in [0.717, 1.165) is 17.4 Å². The molecule has 116 valence electrons. The number of rotatable bonds is 6. The van der Waals surface area contributed by atoms with Gasteiger partial charge in [0.2, 0.25) is 0 Å². The highest BCUT2D eigenvalue weighted by Gasteiger charge is 2.21. The van der Waals surface area contributed by atoms with Crippen LogP contribution in [-0.2, 0) is 16.0 Å². The second-order valence-electron chi connectivity index (χ2n) is 6.35. The highest BCUT2D eigenvalue weighted by atomic mass is 16.5. The Hall–Kier alpha value is -1.31. The highest BCUT2D eigenvalue weighted by molar-refractivity contribution is 5.72. The summed E-state index contributed by atoms with van der Waals surface area (Å²) in [5.74, 6) is 1.51. The molecule has 0 radical (unpaired) electrons. The summed E-state index contributed by atoms with van der Waals surface area (Å²) in [6, 6.07) is 8.56. The number of methoxy groups -OCH3 is 1. The zero-order valence-corrected chi connectivity index (χ0v) is 13.4. The van der Waals surface area contributed by atoms with Gasteiger partial charge in [0.15, 0.2) is 0 Å². The molecule has 2 heteroatoms. The molecule has 1 aromatic rings. The third-order valence-electron chi connectivity index (χ3n) is 4.84. The minimum absolute atomic E-state index is 0.167. The quantitative estimate of drug-likeness (QED) is 0.698. The van der Waals surface area contributed by atoms with Crippen molar-refractivity contribution in [1.82, 2.24) is 0 Å². The van der Waals surface area contributed by atoms with Crippen LogP contribution in [-0.4, -0.2) is 13.1 Å². The standard InChI is InChI=1S/C19H28O2/c1-3-4-5-15-6-10-17(11-7-15)18-12-8-16(9-13-18)14-19(20)21-2/h8-9,12-13,15,17H,3-7,10-11,14H2,1-2H3. The normalized spacial score (nSPS) is 22.0. The lowest BCUT2D eigenvalue weighted by Gasteiger charge is -2.29. The van der Waals surface area contributed by atoms with E-state index in [4.69, 9.17) is 4.74 Å². The van der Waals surface area contributed by atoms with Crippen LogP contribution in [0.3, 0.4) is 0 Å². The van der Waals surface area contributed by atoms with Crippen molar-refractivity contribution in [1.29, 1.82) is 0 Å². The lowest BCUT2D eigenvalue weighted by Crippen LogP contribution is -2.13. The van der Waals surface area contributed by atoms with Gasteiger partial charge in [-0.15, -0.1) is 0 Å². The summed E-state index contributed by atoms with van der Waals surface area (Å²) < 4.78 is 4.71. The van der Waals surface area contributed by atoms with Gasteiger partial charge >= 0.3 is 5.97 Å². The van der Waals surface area contributed by atoms with Crippen molar-refractivity contribution in [2.75, 3.05) is 7.11 Å². The van der Waals surface area contributed by atoms with E-state index in [-0.39, 0.29) is 5.97 Å². The Labute approximate surface area is 128 Å². The van der Waals surface area contributed by atoms with E-state index < -0.39 is 0 Å². The van der Waals surface area contributed by atoms with Gasteiger partial charge < -0.3 is 4.74 Å². The third kappa shape index (κ3) is 4.87. The molecule has 0 bridgehead atoms. The van der Waals surface area contributed by atoms with Gasteiger partial charge in [0.1, 0.15) is 0 Å². The molecule has 1 aliphatic carbocycles. The average Bonchev–Trinajstić information content (AvgIpc) is 2.54. The van der Waals surface area contributed by atoms with Gasteiger partial charge in [-0.1, -0.05) is 50.5 Å². The lowest BCUT2D eigenvalue weighted by molar-refractivity contribution is -0.139. The first-order valence-electron chi connectivity index (χ1n) is 8.38. The molecule has 0 saturated heterocycles. The van der Waals surface area contributed by atoms with Gasteiger partial charge in [-0.25, -0.2) is 0 Å². The van der Waals surface area contributed by atoms with E-state index in [1.165, 1.54) is 57.6 Å². The van der Waals surface area contributed by atoms with E-state index in [1.54, 1.807) is 0 Å². The van der Waals surface area contributed by atoms with Crippen molar-refractivity contribution in [2.24, 2.45) is 5.92 Å². The van der Waals surface area contributed by atoms with E-state index in [0.29, 0.717) is 6.42 Å². The predicted octanol–water partition coefficient (Wildman–Crippen LogP) is 4.87. The molecule has 1 aromatic carbocycles. The summed E-state index contributed by atoms with van der Waals surface area (Å²) in [6.45, 7) is 2.28. The number of hydrogen-bond acceptors (Lipinski definition) is 2. The Balaban J connectivity index is 1.84. The number of esters is 1. The molecule has 0 atom stereocenters. The van der Waals surface area contributed by atoms with Crippen LogP contribution in [0.25, 0.3) is 0 Å². The Morgan fingerprint density at radius 3 is 2.38 bits per heavy atom. The average molecular weight is 288 g/mol. The van der Waals surface area contributed by atoms with Crippen LogP contribution in [0.4, 0.5) is 0 Å². The van der Waals surface area contributed by atoms with Crippen LogP contribution in [0.5, 0.6) is 0 Å². The summed E-state index contributed by atoms with van der Waals surface area (Å²) in [7, 11) is 1.44. The van der Waals surface area contributed by atoms with Gasteiger partial charge in [0.25, 0.3) is 0 Å². The molecule has 0 spiro atoms.